The molecule has 3 heterocycles. The molecule has 0 aromatic carbocycles. The van der Waals surface area contributed by atoms with Crippen LogP contribution >= 0.6 is 11.3 Å². The zero-order valence-corrected chi connectivity index (χ0v) is 14.1. The molecule has 0 atom stereocenters. The second-order valence-electron chi connectivity index (χ2n) is 5.53. The maximum absolute atomic E-state index is 12.2. The SMILES string of the molecule is Cc1nnc(CCNC(=O)c2cnc3c(c2)ncn3C(C)C)s1. The lowest BCUT2D eigenvalue weighted by molar-refractivity contribution is 0.0954. The first-order valence-corrected chi connectivity index (χ1v) is 8.26. The molecular weight excluding hydrogens is 312 g/mol. The van der Waals surface area contributed by atoms with Crippen molar-refractivity contribution in [3.05, 3.63) is 34.2 Å². The maximum atomic E-state index is 12.2. The van der Waals surface area contributed by atoms with Crippen LogP contribution in [-0.4, -0.2) is 37.2 Å². The highest BCUT2D eigenvalue weighted by Crippen LogP contribution is 2.16. The van der Waals surface area contributed by atoms with Crippen molar-refractivity contribution in [3.8, 4) is 0 Å². The standard InChI is InChI=1S/C15H18N6OS/c1-9(2)21-8-18-12-6-11(7-17-14(12)21)15(22)16-5-4-13-20-19-10(3)23-13/h6-9H,4-5H2,1-3H3,(H,16,22). The third-order valence-corrected chi connectivity index (χ3v) is 4.32. The Kier molecular flexibility index (Phi) is 4.33. The minimum absolute atomic E-state index is 0.153. The number of rotatable bonds is 5. The maximum Gasteiger partial charge on any atom is 0.252 e. The molecule has 1 N–H and O–H groups in total. The first-order valence-electron chi connectivity index (χ1n) is 7.44. The summed E-state index contributed by atoms with van der Waals surface area (Å²) in [5.74, 6) is -0.153. The Labute approximate surface area is 137 Å². The molecule has 1 amide bonds. The van der Waals surface area contributed by atoms with Gasteiger partial charge in [-0.1, -0.05) is 0 Å². The largest absolute Gasteiger partial charge is 0.352 e. The van der Waals surface area contributed by atoms with Crippen LogP contribution in [0.3, 0.4) is 0 Å². The molecule has 0 aliphatic heterocycles. The number of amides is 1. The summed E-state index contributed by atoms with van der Waals surface area (Å²) < 4.78 is 1.98. The van der Waals surface area contributed by atoms with Crippen LogP contribution in [-0.2, 0) is 6.42 Å². The lowest BCUT2D eigenvalue weighted by atomic mass is 10.2. The van der Waals surface area contributed by atoms with Crippen molar-refractivity contribution >= 4 is 28.4 Å². The van der Waals surface area contributed by atoms with E-state index in [1.165, 1.54) is 0 Å². The third kappa shape index (κ3) is 3.37. The van der Waals surface area contributed by atoms with E-state index in [1.54, 1.807) is 29.9 Å². The Morgan fingerprint density at radius 3 is 2.87 bits per heavy atom. The van der Waals surface area contributed by atoms with Crippen molar-refractivity contribution in [1.29, 1.82) is 0 Å². The molecule has 0 spiro atoms. The summed E-state index contributed by atoms with van der Waals surface area (Å²) in [7, 11) is 0. The second-order valence-corrected chi connectivity index (χ2v) is 6.80. The van der Waals surface area contributed by atoms with Gasteiger partial charge in [0, 0.05) is 25.2 Å². The smallest absolute Gasteiger partial charge is 0.252 e. The van der Waals surface area contributed by atoms with Gasteiger partial charge in [0.1, 0.15) is 15.5 Å². The van der Waals surface area contributed by atoms with Gasteiger partial charge in [-0.05, 0) is 26.8 Å². The Hall–Kier alpha value is -2.35. The van der Waals surface area contributed by atoms with E-state index in [9.17, 15) is 4.79 Å². The van der Waals surface area contributed by atoms with Crippen LogP contribution in [0.1, 0.15) is 40.3 Å². The molecule has 120 valence electrons. The number of fused-ring (bicyclic) bond motifs is 1. The number of carbonyl (C=O) groups is 1. The quantitative estimate of drug-likeness (QED) is 0.774. The molecule has 0 fully saturated rings. The van der Waals surface area contributed by atoms with Crippen LogP contribution in [0.2, 0.25) is 0 Å². The molecule has 0 bridgehead atoms. The molecule has 3 aromatic heterocycles. The summed E-state index contributed by atoms with van der Waals surface area (Å²) >= 11 is 1.54. The number of carbonyl (C=O) groups excluding carboxylic acids is 1. The summed E-state index contributed by atoms with van der Waals surface area (Å²) in [5, 5.41) is 12.7. The average molecular weight is 330 g/mol. The fourth-order valence-corrected chi connectivity index (χ4v) is 2.95. The zero-order chi connectivity index (χ0) is 16.4. The van der Waals surface area contributed by atoms with Crippen LogP contribution in [0.25, 0.3) is 11.2 Å². The highest BCUT2D eigenvalue weighted by molar-refractivity contribution is 7.11. The van der Waals surface area contributed by atoms with Gasteiger partial charge in [-0.3, -0.25) is 4.79 Å². The highest BCUT2D eigenvalue weighted by Gasteiger charge is 2.12. The van der Waals surface area contributed by atoms with Crippen LogP contribution in [0, 0.1) is 6.92 Å². The van der Waals surface area contributed by atoms with Crippen molar-refractivity contribution in [1.82, 2.24) is 30.0 Å². The molecule has 0 unspecified atom stereocenters. The highest BCUT2D eigenvalue weighted by atomic mass is 32.1. The molecule has 3 rings (SSSR count). The fourth-order valence-electron chi connectivity index (χ4n) is 2.24. The van der Waals surface area contributed by atoms with E-state index in [-0.39, 0.29) is 11.9 Å². The third-order valence-electron chi connectivity index (χ3n) is 3.42. The van der Waals surface area contributed by atoms with Gasteiger partial charge in [0.25, 0.3) is 5.91 Å². The minimum atomic E-state index is -0.153. The number of aromatic nitrogens is 5. The van der Waals surface area contributed by atoms with Crippen LogP contribution in [0.15, 0.2) is 18.6 Å². The van der Waals surface area contributed by atoms with E-state index < -0.39 is 0 Å². The fraction of sp³-hybridized carbons (Fsp3) is 0.400. The van der Waals surface area contributed by atoms with Crippen molar-refractivity contribution in [3.63, 3.8) is 0 Å². The van der Waals surface area contributed by atoms with Gasteiger partial charge in [0.05, 0.1) is 11.9 Å². The molecule has 8 heteroatoms. The number of pyridine rings is 1. The summed E-state index contributed by atoms with van der Waals surface area (Å²) in [6.07, 6.45) is 4.02. The number of aryl methyl sites for hydroxylation is 1. The zero-order valence-electron chi connectivity index (χ0n) is 13.3. The number of imidazole rings is 1. The number of nitrogens with one attached hydrogen (secondary N) is 1. The first-order chi connectivity index (χ1) is 11.0. The number of hydrogen-bond acceptors (Lipinski definition) is 6. The molecule has 23 heavy (non-hydrogen) atoms. The molecule has 0 radical (unpaired) electrons. The molecule has 7 nitrogen and oxygen atoms in total. The normalized spacial score (nSPS) is 11.3. The van der Waals surface area contributed by atoms with Crippen LogP contribution in [0.4, 0.5) is 0 Å². The molecule has 3 aromatic rings. The summed E-state index contributed by atoms with van der Waals surface area (Å²) in [6.45, 7) is 6.57. The van der Waals surface area contributed by atoms with E-state index in [4.69, 9.17) is 0 Å². The topological polar surface area (TPSA) is 85.6 Å². The minimum Gasteiger partial charge on any atom is -0.352 e. The lowest BCUT2D eigenvalue weighted by Crippen LogP contribution is -2.25. The van der Waals surface area contributed by atoms with Crippen molar-refractivity contribution < 1.29 is 4.79 Å². The van der Waals surface area contributed by atoms with E-state index in [2.05, 4.69) is 39.3 Å². The van der Waals surface area contributed by atoms with Gasteiger partial charge in [-0.2, -0.15) is 0 Å². The molecule has 0 saturated carbocycles. The Morgan fingerprint density at radius 2 is 2.17 bits per heavy atom. The van der Waals surface area contributed by atoms with Gasteiger partial charge in [-0.15, -0.1) is 21.5 Å². The van der Waals surface area contributed by atoms with E-state index >= 15 is 0 Å². The summed E-state index contributed by atoms with van der Waals surface area (Å²) in [5.41, 5.74) is 2.03. The molecular formula is C15H18N6OS. The number of hydrogen-bond donors (Lipinski definition) is 1. The van der Waals surface area contributed by atoms with Crippen molar-refractivity contribution in [2.75, 3.05) is 6.54 Å². The predicted octanol–water partition coefficient (Wildman–Crippen LogP) is 2.14. The predicted molar refractivity (Wildman–Crippen MR) is 88.6 cm³/mol. The Morgan fingerprint density at radius 1 is 1.35 bits per heavy atom. The van der Waals surface area contributed by atoms with Gasteiger partial charge in [0.2, 0.25) is 0 Å². The van der Waals surface area contributed by atoms with Gasteiger partial charge >= 0.3 is 0 Å². The van der Waals surface area contributed by atoms with Crippen LogP contribution in [0.5, 0.6) is 0 Å². The van der Waals surface area contributed by atoms with Crippen molar-refractivity contribution in [2.45, 2.75) is 33.2 Å². The van der Waals surface area contributed by atoms with E-state index in [0.717, 1.165) is 21.2 Å². The molecule has 0 saturated heterocycles. The average Bonchev–Trinajstić information content (AvgIpc) is 3.12. The molecule has 0 aliphatic carbocycles. The summed E-state index contributed by atoms with van der Waals surface area (Å²) in [6, 6.07) is 2.05. The Balaban J connectivity index is 1.66. The summed E-state index contributed by atoms with van der Waals surface area (Å²) in [4.78, 5) is 20.9. The second kappa shape index (κ2) is 6.41. The van der Waals surface area contributed by atoms with Gasteiger partial charge in [-0.25, -0.2) is 9.97 Å². The van der Waals surface area contributed by atoms with Gasteiger partial charge in [0.15, 0.2) is 5.65 Å². The Bertz CT molecular complexity index is 837. The number of nitrogens with zero attached hydrogens (tertiary/aromatic N) is 5. The van der Waals surface area contributed by atoms with Gasteiger partial charge < -0.3 is 9.88 Å². The monoisotopic (exact) mass is 330 g/mol. The van der Waals surface area contributed by atoms with Crippen molar-refractivity contribution in [2.24, 2.45) is 0 Å². The van der Waals surface area contributed by atoms with E-state index in [0.29, 0.717) is 18.5 Å². The molecule has 0 aliphatic rings. The lowest BCUT2D eigenvalue weighted by Gasteiger charge is -2.07. The van der Waals surface area contributed by atoms with Crippen LogP contribution < -0.4 is 5.32 Å². The first kappa shape index (κ1) is 15.5. The van der Waals surface area contributed by atoms with E-state index in [1.807, 2.05) is 11.5 Å².